The number of fused-ring (bicyclic) bond motifs is 1. The van der Waals surface area contributed by atoms with E-state index in [-0.39, 0.29) is 0 Å². The van der Waals surface area contributed by atoms with E-state index in [0.29, 0.717) is 0 Å². The Kier molecular flexibility index (Phi) is 4.70. The topological polar surface area (TPSA) is 38.7 Å². The molecule has 2 aromatic carbocycles. The third-order valence-corrected chi connectivity index (χ3v) is 5.98. The fraction of sp³-hybridized carbons (Fsp3) is 0.105. The van der Waals surface area contributed by atoms with Crippen molar-refractivity contribution in [2.75, 3.05) is 0 Å². The highest BCUT2D eigenvalue weighted by molar-refractivity contribution is 7.98. The summed E-state index contributed by atoms with van der Waals surface area (Å²) in [5.41, 5.74) is 4.11. The van der Waals surface area contributed by atoms with Crippen LogP contribution in [0, 0.1) is 6.92 Å². The smallest absolute Gasteiger partial charge is 0.146 e. The van der Waals surface area contributed by atoms with E-state index in [4.69, 9.17) is 16.6 Å². The Morgan fingerprint density at radius 1 is 1.00 bits per heavy atom. The van der Waals surface area contributed by atoms with Gasteiger partial charge in [0, 0.05) is 16.3 Å². The van der Waals surface area contributed by atoms with E-state index >= 15 is 0 Å². The van der Waals surface area contributed by atoms with E-state index in [2.05, 4.69) is 22.3 Å². The zero-order chi connectivity index (χ0) is 17.2. The van der Waals surface area contributed by atoms with Crippen molar-refractivity contribution in [3.8, 4) is 11.3 Å². The van der Waals surface area contributed by atoms with Crippen LogP contribution in [-0.2, 0) is 5.75 Å². The molecule has 0 saturated carbocycles. The molecule has 0 fully saturated rings. The fourth-order valence-corrected chi connectivity index (χ4v) is 4.53. The number of thiazole rings is 1. The lowest BCUT2D eigenvalue weighted by Crippen LogP contribution is -1.93. The van der Waals surface area contributed by atoms with Crippen molar-refractivity contribution < 1.29 is 0 Å². The second-order valence-corrected chi connectivity index (χ2v) is 8.15. The lowest BCUT2D eigenvalue weighted by molar-refractivity contribution is 0.955. The van der Waals surface area contributed by atoms with Crippen molar-refractivity contribution in [1.29, 1.82) is 0 Å². The summed E-state index contributed by atoms with van der Waals surface area (Å²) in [7, 11) is 0. The van der Waals surface area contributed by atoms with Crippen LogP contribution >= 0.6 is 34.7 Å². The van der Waals surface area contributed by atoms with Crippen molar-refractivity contribution in [2.45, 2.75) is 17.7 Å². The highest BCUT2D eigenvalue weighted by atomic mass is 35.5. The van der Waals surface area contributed by atoms with E-state index < -0.39 is 0 Å². The first-order valence-electron chi connectivity index (χ1n) is 7.77. The molecule has 0 saturated heterocycles. The van der Waals surface area contributed by atoms with Gasteiger partial charge < -0.3 is 0 Å². The van der Waals surface area contributed by atoms with Crippen LogP contribution in [0.3, 0.4) is 0 Å². The largest absolute Gasteiger partial charge is 0.238 e. The molecule has 0 aliphatic heterocycles. The average molecular weight is 384 g/mol. The third-order valence-electron chi connectivity index (χ3n) is 3.73. The number of benzene rings is 2. The molecule has 0 atom stereocenters. The lowest BCUT2D eigenvalue weighted by Gasteiger charge is -2.05. The van der Waals surface area contributed by atoms with Crippen molar-refractivity contribution in [3.63, 3.8) is 0 Å². The molecule has 2 aromatic heterocycles. The second-order valence-electron chi connectivity index (χ2n) is 5.55. The van der Waals surface area contributed by atoms with Crippen molar-refractivity contribution in [2.24, 2.45) is 0 Å². The summed E-state index contributed by atoms with van der Waals surface area (Å²) in [4.78, 5) is 4.70. The fourth-order valence-electron chi connectivity index (χ4n) is 2.54. The van der Waals surface area contributed by atoms with Crippen LogP contribution in [0.25, 0.3) is 21.5 Å². The molecule has 0 bridgehead atoms. The SMILES string of the molecule is Cc1nc2c(SCc3ccc(Cl)cc3)nnc(-c3ccccc3)c2s1. The number of hydrogen-bond donors (Lipinski definition) is 0. The molecule has 0 unspecified atom stereocenters. The van der Waals surface area contributed by atoms with Gasteiger partial charge in [0.15, 0.2) is 0 Å². The molecule has 3 nitrogen and oxygen atoms in total. The van der Waals surface area contributed by atoms with Gasteiger partial charge in [-0.2, -0.15) is 0 Å². The Labute approximate surface area is 159 Å². The van der Waals surface area contributed by atoms with Gasteiger partial charge in [-0.15, -0.1) is 21.5 Å². The Morgan fingerprint density at radius 3 is 2.52 bits per heavy atom. The normalized spacial score (nSPS) is 11.1. The van der Waals surface area contributed by atoms with Gasteiger partial charge in [-0.1, -0.05) is 65.8 Å². The maximum Gasteiger partial charge on any atom is 0.146 e. The molecular weight excluding hydrogens is 370 g/mol. The molecule has 0 aliphatic carbocycles. The Morgan fingerprint density at radius 2 is 1.76 bits per heavy atom. The Bertz CT molecular complexity index is 1010. The van der Waals surface area contributed by atoms with Crippen molar-refractivity contribution in [3.05, 3.63) is 70.2 Å². The summed E-state index contributed by atoms with van der Waals surface area (Å²) < 4.78 is 1.09. The highest BCUT2D eigenvalue weighted by Gasteiger charge is 2.15. The summed E-state index contributed by atoms with van der Waals surface area (Å²) >= 11 is 9.27. The minimum Gasteiger partial charge on any atom is -0.238 e. The first-order valence-corrected chi connectivity index (χ1v) is 9.95. The summed E-state index contributed by atoms with van der Waals surface area (Å²) in [6.07, 6.45) is 0. The Hall–Kier alpha value is -1.95. The summed E-state index contributed by atoms with van der Waals surface area (Å²) in [5, 5.41) is 11.6. The van der Waals surface area contributed by atoms with Crippen LogP contribution in [0.4, 0.5) is 0 Å². The second kappa shape index (κ2) is 7.12. The van der Waals surface area contributed by atoms with Gasteiger partial charge in [0.2, 0.25) is 0 Å². The molecule has 0 aliphatic rings. The van der Waals surface area contributed by atoms with Gasteiger partial charge in [0.05, 0.1) is 9.71 Å². The van der Waals surface area contributed by atoms with E-state index in [9.17, 15) is 0 Å². The predicted octanol–water partition coefficient (Wildman–Crippen LogP) is 6.01. The number of aromatic nitrogens is 3. The van der Waals surface area contributed by atoms with Crippen LogP contribution in [0.15, 0.2) is 59.6 Å². The molecule has 4 aromatic rings. The third kappa shape index (κ3) is 3.54. The monoisotopic (exact) mass is 383 g/mol. The molecule has 124 valence electrons. The standard InChI is InChI=1S/C19H14ClN3S2/c1-12-21-17-18(25-12)16(14-5-3-2-4-6-14)22-23-19(17)24-11-13-7-9-15(20)10-8-13/h2-10H,11H2,1H3. The Balaban J connectivity index is 1.70. The molecule has 0 N–H and O–H groups in total. The maximum atomic E-state index is 5.95. The first-order chi connectivity index (χ1) is 12.2. The minimum atomic E-state index is 0.748. The molecule has 0 spiro atoms. The van der Waals surface area contributed by atoms with Gasteiger partial charge in [0.1, 0.15) is 16.2 Å². The number of nitrogens with zero attached hydrogens (tertiary/aromatic N) is 3. The van der Waals surface area contributed by atoms with Crippen LogP contribution in [0.1, 0.15) is 10.6 Å². The molecule has 2 heterocycles. The maximum absolute atomic E-state index is 5.95. The molecule has 4 rings (SSSR count). The predicted molar refractivity (Wildman–Crippen MR) is 106 cm³/mol. The van der Waals surface area contributed by atoms with Crippen LogP contribution in [-0.4, -0.2) is 15.2 Å². The number of rotatable bonds is 4. The van der Waals surface area contributed by atoms with E-state index in [1.165, 1.54) is 5.56 Å². The molecule has 0 radical (unpaired) electrons. The molecule has 6 heteroatoms. The van der Waals surface area contributed by atoms with Crippen LogP contribution in [0.5, 0.6) is 0 Å². The number of aryl methyl sites for hydroxylation is 1. The van der Waals surface area contributed by atoms with Gasteiger partial charge in [-0.25, -0.2) is 4.98 Å². The van der Waals surface area contributed by atoms with Crippen molar-refractivity contribution >= 4 is 44.9 Å². The van der Waals surface area contributed by atoms with Gasteiger partial charge >= 0.3 is 0 Å². The van der Waals surface area contributed by atoms with Gasteiger partial charge in [-0.05, 0) is 24.6 Å². The molecular formula is C19H14ClN3S2. The minimum absolute atomic E-state index is 0.748. The van der Waals surface area contributed by atoms with Crippen LogP contribution in [0.2, 0.25) is 5.02 Å². The summed E-state index contributed by atoms with van der Waals surface area (Å²) in [6, 6.07) is 18.0. The molecule has 0 amide bonds. The molecule has 25 heavy (non-hydrogen) atoms. The van der Waals surface area contributed by atoms with Crippen LogP contribution < -0.4 is 0 Å². The van der Waals surface area contributed by atoms with E-state index in [1.807, 2.05) is 49.4 Å². The number of hydrogen-bond acceptors (Lipinski definition) is 5. The number of halogens is 1. The van der Waals surface area contributed by atoms with E-state index in [1.54, 1.807) is 23.1 Å². The quantitative estimate of drug-likeness (QED) is 0.404. The number of thioether (sulfide) groups is 1. The highest BCUT2D eigenvalue weighted by Crippen LogP contribution is 2.36. The zero-order valence-corrected chi connectivity index (χ0v) is 15.8. The summed E-state index contributed by atoms with van der Waals surface area (Å²) in [5.74, 6) is 0.808. The van der Waals surface area contributed by atoms with Gasteiger partial charge in [-0.3, -0.25) is 0 Å². The lowest BCUT2D eigenvalue weighted by atomic mass is 10.1. The average Bonchev–Trinajstić information content (AvgIpc) is 3.03. The van der Waals surface area contributed by atoms with E-state index in [0.717, 1.165) is 42.3 Å². The first kappa shape index (κ1) is 16.5. The van der Waals surface area contributed by atoms with Gasteiger partial charge in [0.25, 0.3) is 0 Å². The summed E-state index contributed by atoms with van der Waals surface area (Å²) in [6.45, 7) is 2.02. The zero-order valence-electron chi connectivity index (χ0n) is 13.4. The van der Waals surface area contributed by atoms with Crippen molar-refractivity contribution in [1.82, 2.24) is 15.2 Å².